The number of sulfone groups is 1. The average molecular weight is 592 g/mol. The van der Waals surface area contributed by atoms with Crippen molar-refractivity contribution in [3.63, 3.8) is 0 Å². The number of anilines is 2. The molecule has 0 bridgehead atoms. The van der Waals surface area contributed by atoms with E-state index in [0.29, 0.717) is 24.3 Å². The Morgan fingerprint density at radius 3 is 2.48 bits per heavy atom. The first kappa shape index (κ1) is 30.5. The van der Waals surface area contributed by atoms with Gasteiger partial charge >= 0.3 is 0 Å². The molecule has 3 N–H and O–H groups in total. The predicted octanol–water partition coefficient (Wildman–Crippen LogP) is 2.75. The molecule has 40 heavy (non-hydrogen) atoms. The van der Waals surface area contributed by atoms with Gasteiger partial charge in [-0.2, -0.15) is 0 Å². The molecule has 2 saturated heterocycles. The van der Waals surface area contributed by atoms with Crippen LogP contribution in [0.15, 0.2) is 24.3 Å². The molecule has 0 aliphatic carbocycles. The molecule has 0 radical (unpaired) electrons. The van der Waals surface area contributed by atoms with Gasteiger partial charge in [-0.15, -0.1) is 0 Å². The molecule has 0 saturated carbocycles. The molecule has 12 heteroatoms. The quantitative estimate of drug-likeness (QED) is 0.401. The Balaban J connectivity index is 1.32. The van der Waals surface area contributed by atoms with Crippen molar-refractivity contribution in [3.05, 3.63) is 46.2 Å². The number of carbonyl (C=O) groups is 1. The van der Waals surface area contributed by atoms with E-state index in [2.05, 4.69) is 68.1 Å². The zero-order valence-electron chi connectivity index (χ0n) is 23.8. The van der Waals surface area contributed by atoms with Crippen LogP contribution in [0.3, 0.4) is 0 Å². The number of hydrogen-bond donors (Lipinski definition) is 2. The van der Waals surface area contributed by atoms with Crippen molar-refractivity contribution in [1.29, 1.82) is 0 Å². The van der Waals surface area contributed by atoms with Crippen LogP contribution in [-0.4, -0.2) is 97.5 Å². The number of piperazine rings is 1. The number of nitrogens with two attached hydrogens (primary N) is 1. The fraction of sp³-hybridized carbons (Fsp3) is 0.607. The summed E-state index contributed by atoms with van der Waals surface area (Å²) < 4.78 is 22.6. The zero-order chi connectivity index (χ0) is 28.9. The van der Waals surface area contributed by atoms with Gasteiger partial charge in [-0.25, -0.2) is 18.4 Å². The van der Waals surface area contributed by atoms with E-state index in [9.17, 15) is 13.2 Å². The van der Waals surface area contributed by atoms with Crippen molar-refractivity contribution >= 4 is 39.0 Å². The summed E-state index contributed by atoms with van der Waals surface area (Å²) in [6.07, 6.45) is 4.79. The minimum Gasteiger partial charge on any atom is -0.382 e. The van der Waals surface area contributed by atoms with Gasteiger partial charge < -0.3 is 16.0 Å². The smallest absolute Gasteiger partial charge is 0.273 e. The summed E-state index contributed by atoms with van der Waals surface area (Å²) >= 11 is 6.52. The molecule has 3 heterocycles. The van der Waals surface area contributed by atoms with Crippen LogP contribution in [0.25, 0.3) is 0 Å². The maximum Gasteiger partial charge on any atom is 0.273 e. The second-order valence-corrected chi connectivity index (χ2v) is 13.7. The van der Waals surface area contributed by atoms with E-state index in [1.807, 2.05) is 0 Å². The molecule has 2 aromatic rings. The molecule has 2 fully saturated rings. The highest BCUT2D eigenvalue weighted by Gasteiger charge is 2.34. The Labute approximate surface area is 243 Å². The van der Waals surface area contributed by atoms with Crippen molar-refractivity contribution < 1.29 is 13.2 Å². The molecule has 2 aliphatic heterocycles. The number of nitrogens with zero attached hydrogens (tertiary/aromatic N) is 5. The molecule has 220 valence electrons. The number of amides is 1. The average Bonchev–Trinajstić information content (AvgIpc) is 2.93. The molecule has 0 unspecified atom stereocenters. The Bertz CT molecular complexity index is 1270. The number of rotatable bonds is 10. The highest BCUT2D eigenvalue weighted by atomic mass is 35.5. The topological polar surface area (TPSA) is 125 Å². The first-order valence-corrected chi connectivity index (χ1v) is 16.6. The van der Waals surface area contributed by atoms with Crippen LogP contribution in [0.1, 0.15) is 54.2 Å². The van der Waals surface area contributed by atoms with E-state index >= 15 is 0 Å². The molecule has 1 aromatic heterocycles. The number of nitrogen functional groups attached to an aromatic ring is 1. The van der Waals surface area contributed by atoms with E-state index in [4.69, 9.17) is 17.3 Å². The van der Waals surface area contributed by atoms with Crippen LogP contribution in [0.4, 0.5) is 11.6 Å². The summed E-state index contributed by atoms with van der Waals surface area (Å²) in [5.74, 6) is -0.0159. The second-order valence-electron chi connectivity index (χ2n) is 11.1. The Morgan fingerprint density at radius 2 is 1.82 bits per heavy atom. The molecule has 1 amide bonds. The monoisotopic (exact) mass is 591 g/mol. The number of piperidine rings is 1. The summed E-state index contributed by atoms with van der Waals surface area (Å²) in [5.41, 5.74) is 8.75. The minimum absolute atomic E-state index is 0.00868. The van der Waals surface area contributed by atoms with Gasteiger partial charge in [0.2, 0.25) is 0 Å². The van der Waals surface area contributed by atoms with Crippen molar-refractivity contribution in [1.82, 2.24) is 25.1 Å². The third-order valence-corrected chi connectivity index (χ3v) is 9.19. The van der Waals surface area contributed by atoms with E-state index < -0.39 is 15.7 Å². The fourth-order valence-electron chi connectivity index (χ4n) is 5.67. The molecule has 4 rings (SSSR count). The Morgan fingerprint density at radius 1 is 1.12 bits per heavy atom. The van der Waals surface area contributed by atoms with Gasteiger partial charge in [-0.3, -0.25) is 14.6 Å². The molecule has 0 spiro atoms. The SMILES string of the molecule is CC[C@H]1CN(c2nc(N)c(C(=O)NCCCS(C)(=O)=O)nc2Cl)CCN1C1CCN(Cc2ccc(C)cc2)CC1. The normalized spacial score (nSPS) is 19.6. The molecule has 1 atom stereocenters. The van der Waals surface area contributed by atoms with Gasteiger partial charge in [-0.05, 0) is 51.3 Å². The van der Waals surface area contributed by atoms with Gasteiger partial charge in [0, 0.05) is 51.1 Å². The lowest BCUT2D eigenvalue weighted by Crippen LogP contribution is -2.58. The largest absolute Gasteiger partial charge is 0.382 e. The van der Waals surface area contributed by atoms with Crippen LogP contribution in [-0.2, 0) is 16.4 Å². The van der Waals surface area contributed by atoms with Crippen molar-refractivity contribution in [3.8, 4) is 0 Å². The van der Waals surface area contributed by atoms with Gasteiger partial charge in [-0.1, -0.05) is 48.4 Å². The highest BCUT2D eigenvalue weighted by Crippen LogP contribution is 2.30. The van der Waals surface area contributed by atoms with E-state index in [-0.39, 0.29) is 29.0 Å². The van der Waals surface area contributed by atoms with Gasteiger partial charge in [0.15, 0.2) is 22.5 Å². The number of aryl methyl sites for hydroxylation is 1. The number of aromatic nitrogens is 2. The molecule has 2 aliphatic rings. The van der Waals surface area contributed by atoms with E-state index in [1.165, 1.54) is 11.1 Å². The van der Waals surface area contributed by atoms with Crippen molar-refractivity contribution in [2.75, 3.05) is 61.9 Å². The lowest BCUT2D eigenvalue weighted by Gasteiger charge is -2.47. The maximum atomic E-state index is 12.6. The van der Waals surface area contributed by atoms with Gasteiger partial charge in [0.1, 0.15) is 9.84 Å². The van der Waals surface area contributed by atoms with Crippen LogP contribution < -0.4 is 16.0 Å². The third-order valence-electron chi connectivity index (χ3n) is 7.91. The van der Waals surface area contributed by atoms with Gasteiger partial charge in [0.05, 0.1) is 5.75 Å². The Kier molecular flexibility index (Phi) is 10.3. The highest BCUT2D eigenvalue weighted by molar-refractivity contribution is 7.90. The van der Waals surface area contributed by atoms with Crippen LogP contribution in [0, 0.1) is 6.92 Å². The summed E-state index contributed by atoms with van der Waals surface area (Å²) in [6, 6.07) is 9.75. The fourth-order valence-corrected chi connectivity index (χ4v) is 6.59. The third kappa shape index (κ3) is 8.05. The number of nitrogens with one attached hydrogen (secondary N) is 1. The van der Waals surface area contributed by atoms with Crippen molar-refractivity contribution in [2.24, 2.45) is 0 Å². The standard InChI is InChI=1S/C28H42ClN7O3S/c1-4-22-19-35(27-25(29)32-24(26(30)33-27)28(37)31-12-5-17-40(3,38)39)15-16-36(22)23-10-13-34(14-11-23)18-21-8-6-20(2)7-9-21/h6-9,22-23H,4-5,10-19H2,1-3H3,(H2,30,33)(H,31,37)/t22-/m0/s1. The molecule has 1 aromatic carbocycles. The summed E-state index contributed by atoms with van der Waals surface area (Å²) in [5, 5.41) is 2.79. The summed E-state index contributed by atoms with van der Waals surface area (Å²) in [4.78, 5) is 28.6. The predicted molar refractivity (Wildman–Crippen MR) is 161 cm³/mol. The van der Waals surface area contributed by atoms with Crippen LogP contribution in [0.2, 0.25) is 5.15 Å². The summed E-state index contributed by atoms with van der Waals surface area (Å²) in [7, 11) is -3.09. The first-order valence-electron chi connectivity index (χ1n) is 14.1. The number of hydrogen-bond acceptors (Lipinski definition) is 9. The summed E-state index contributed by atoms with van der Waals surface area (Å²) in [6.45, 7) is 10.2. The van der Waals surface area contributed by atoms with Crippen LogP contribution >= 0.6 is 11.6 Å². The number of likely N-dealkylation sites (tertiary alicyclic amines) is 1. The van der Waals surface area contributed by atoms with E-state index in [0.717, 1.165) is 64.8 Å². The number of halogens is 1. The molecule has 10 nitrogen and oxygen atoms in total. The van der Waals surface area contributed by atoms with E-state index in [1.54, 1.807) is 0 Å². The zero-order valence-corrected chi connectivity index (χ0v) is 25.3. The lowest BCUT2D eigenvalue weighted by atomic mass is 9.98. The first-order chi connectivity index (χ1) is 19.0. The van der Waals surface area contributed by atoms with Gasteiger partial charge in [0.25, 0.3) is 5.91 Å². The second kappa shape index (κ2) is 13.5. The van der Waals surface area contributed by atoms with Crippen molar-refractivity contribution in [2.45, 2.75) is 58.2 Å². The number of carbonyl (C=O) groups excluding carboxylic acids is 1. The molecular weight excluding hydrogens is 550 g/mol. The molecular formula is C28H42ClN7O3S. The minimum atomic E-state index is -3.09. The maximum absolute atomic E-state index is 12.6. The number of benzene rings is 1. The Hall–Kier alpha value is -2.47. The lowest BCUT2D eigenvalue weighted by molar-refractivity contribution is 0.0610. The van der Waals surface area contributed by atoms with Crippen LogP contribution in [0.5, 0.6) is 0 Å².